The third-order valence-corrected chi connectivity index (χ3v) is 9.17. The van der Waals surface area contributed by atoms with Gasteiger partial charge in [0.2, 0.25) is 0 Å². The summed E-state index contributed by atoms with van der Waals surface area (Å²) in [6.45, 7) is 2.59. The number of pyridine rings is 1. The predicted molar refractivity (Wildman–Crippen MR) is 142 cm³/mol. The van der Waals surface area contributed by atoms with E-state index in [1.54, 1.807) is 18.4 Å². The first-order valence-electron chi connectivity index (χ1n) is 11.8. The smallest absolute Gasteiger partial charge is 0.308 e. The maximum atomic E-state index is 12.0. The molecule has 0 radical (unpaired) electrons. The number of benzene rings is 1. The Morgan fingerprint density at radius 3 is 2.94 bits per heavy atom. The first kappa shape index (κ1) is 25.3. The van der Waals surface area contributed by atoms with Gasteiger partial charge < -0.3 is 14.7 Å². The number of thioether (sulfide) groups is 1. The molecule has 3 aromatic rings. The summed E-state index contributed by atoms with van der Waals surface area (Å²) in [7, 11) is 1.67. The molecule has 4 rings (SSSR count). The van der Waals surface area contributed by atoms with Gasteiger partial charge in [0.25, 0.3) is 0 Å². The van der Waals surface area contributed by atoms with Crippen LogP contribution >= 0.6 is 34.7 Å². The Hall–Kier alpha value is -1.80. The second-order valence-corrected chi connectivity index (χ2v) is 11.9. The fourth-order valence-corrected chi connectivity index (χ4v) is 7.12. The topological polar surface area (TPSA) is 62.7 Å². The van der Waals surface area contributed by atoms with Crippen molar-refractivity contribution in [2.45, 2.75) is 36.3 Å². The quantitative estimate of drug-likeness (QED) is 0.231. The average Bonchev–Trinajstić information content (AvgIpc) is 3.27. The number of aryl methyl sites for hydroxylation is 1. The number of fused-ring (bicyclic) bond motifs is 1. The summed E-state index contributed by atoms with van der Waals surface area (Å²) in [6.07, 6.45) is 6.69. The van der Waals surface area contributed by atoms with Gasteiger partial charge >= 0.3 is 5.97 Å². The highest BCUT2D eigenvalue weighted by molar-refractivity contribution is 8.01. The van der Waals surface area contributed by atoms with Crippen LogP contribution in [-0.4, -0.2) is 53.5 Å². The van der Waals surface area contributed by atoms with E-state index in [0.717, 1.165) is 71.9 Å². The maximum Gasteiger partial charge on any atom is 0.308 e. The van der Waals surface area contributed by atoms with Gasteiger partial charge in [-0.05, 0) is 93.1 Å². The van der Waals surface area contributed by atoms with Crippen LogP contribution in [0.15, 0.2) is 46.8 Å². The molecule has 182 valence electrons. The van der Waals surface area contributed by atoms with Crippen molar-refractivity contribution in [3.05, 3.63) is 52.5 Å². The van der Waals surface area contributed by atoms with E-state index >= 15 is 0 Å². The van der Waals surface area contributed by atoms with Crippen LogP contribution < -0.4 is 4.74 Å². The summed E-state index contributed by atoms with van der Waals surface area (Å²) in [6, 6.07) is 12.0. The molecule has 0 aliphatic carbocycles. The summed E-state index contributed by atoms with van der Waals surface area (Å²) < 4.78 is 7.45. The van der Waals surface area contributed by atoms with E-state index in [1.165, 1.54) is 9.77 Å². The minimum absolute atomic E-state index is 0.235. The normalized spacial score (nSPS) is 18.9. The van der Waals surface area contributed by atoms with Gasteiger partial charge in [-0.1, -0.05) is 11.6 Å². The second kappa shape index (κ2) is 12.2. The zero-order valence-corrected chi connectivity index (χ0v) is 21.8. The Labute approximate surface area is 214 Å². The molecule has 2 aromatic heterocycles. The van der Waals surface area contributed by atoms with Crippen molar-refractivity contribution in [2.75, 3.05) is 32.5 Å². The number of aliphatic carboxylic acids is 1. The van der Waals surface area contributed by atoms with Gasteiger partial charge in [0.05, 0.1) is 27.1 Å². The van der Waals surface area contributed by atoms with Crippen LogP contribution in [0.2, 0.25) is 4.34 Å². The molecule has 0 saturated carbocycles. The van der Waals surface area contributed by atoms with E-state index in [0.29, 0.717) is 6.54 Å². The number of likely N-dealkylation sites (tertiary alicyclic amines) is 1. The molecule has 1 fully saturated rings. The van der Waals surface area contributed by atoms with Crippen LogP contribution in [0.1, 0.15) is 31.2 Å². The number of halogens is 1. The lowest BCUT2D eigenvalue weighted by Gasteiger charge is -2.36. The Balaban J connectivity index is 1.26. The minimum Gasteiger partial charge on any atom is -0.497 e. The van der Waals surface area contributed by atoms with Crippen LogP contribution in [0.4, 0.5) is 0 Å². The monoisotopic (exact) mass is 518 g/mol. The van der Waals surface area contributed by atoms with Crippen molar-refractivity contribution in [1.29, 1.82) is 0 Å². The van der Waals surface area contributed by atoms with Crippen LogP contribution in [0.25, 0.3) is 10.9 Å². The molecule has 0 amide bonds. The van der Waals surface area contributed by atoms with Crippen LogP contribution in [0.3, 0.4) is 0 Å². The first-order chi connectivity index (χ1) is 16.5. The molecule has 5 nitrogen and oxygen atoms in total. The van der Waals surface area contributed by atoms with E-state index < -0.39 is 5.97 Å². The van der Waals surface area contributed by atoms with E-state index in [2.05, 4.69) is 22.0 Å². The van der Waals surface area contributed by atoms with E-state index in [9.17, 15) is 9.90 Å². The Morgan fingerprint density at radius 2 is 2.18 bits per heavy atom. The third-order valence-electron chi connectivity index (χ3n) is 6.63. The van der Waals surface area contributed by atoms with Gasteiger partial charge in [-0.25, -0.2) is 0 Å². The first-order valence-corrected chi connectivity index (χ1v) is 14.0. The number of methoxy groups -OCH3 is 1. The van der Waals surface area contributed by atoms with Crippen LogP contribution in [0, 0.1) is 11.8 Å². The number of aromatic nitrogens is 1. The molecule has 34 heavy (non-hydrogen) atoms. The summed E-state index contributed by atoms with van der Waals surface area (Å²) in [5.74, 6) is 1.15. The molecular formula is C26H31ClN2O3S2. The van der Waals surface area contributed by atoms with E-state index in [1.807, 2.05) is 42.2 Å². The van der Waals surface area contributed by atoms with Gasteiger partial charge in [0.15, 0.2) is 0 Å². The largest absolute Gasteiger partial charge is 0.497 e. The molecule has 0 bridgehead atoms. The zero-order valence-electron chi connectivity index (χ0n) is 19.4. The maximum absolute atomic E-state index is 12.0. The fourth-order valence-electron chi connectivity index (χ4n) is 4.81. The molecular weight excluding hydrogens is 488 g/mol. The van der Waals surface area contributed by atoms with Crippen molar-refractivity contribution in [1.82, 2.24) is 9.88 Å². The van der Waals surface area contributed by atoms with Crippen LogP contribution in [0.5, 0.6) is 5.75 Å². The summed E-state index contributed by atoms with van der Waals surface area (Å²) >= 11 is 9.44. The molecule has 1 aromatic carbocycles. The van der Waals surface area contributed by atoms with Gasteiger partial charge in [0, 0.05) is 23.9 Å². The summed E-state index contributed by atoms with van der Waals surface area (Å²) in [5.41, 5.74) is 2.22. The number of rotatable bonds is 11. The van der Waals surface area contributed by atoms with Crippen molar-refractivity contribution < 1.29 is 14.6 Å². The lowest BCUT2D eigenvalue weighted by molar-refractivity contribution is -0.146. The standard InChI is InChI=1S/C26H31ClN2O3S2/c1-32-20-6-7-23-21(16-20)18(10-12-28-23)4-2-5-19-11-14-29(17-22(19)26(30)31)13-3-15-33-25-9-8-24(27)34-25/h6-10,12,16,19,22H,2-5,11,13-15,17H2,1H3,(H,30,31)/t19-,22+/m1/s1. The number of thiophene rings is 1. The number of hydrogen-bond acceptors (Lipinski definition) is 6. The lowest BCUT2D eigenvalue weighted by atomic mass is 9.81. The zero-order chi connectivity index (χ0) is 23.9. The summed E-state index contributed by atoms with van der Waals surface area (Å²) in [4.78, 5) is 18.8. The average molecular weight is 519 g/mol. The molecule has 0 unspecified atom stereocenters. The SMILES string of the molecule is COc1ccc2nccc(CCC[C@@H]3CCN(CCCSc4ccc(Cl)s4)C[C@@H]3C(=O)O)c2c1. The van der Waals surface area contributed by atoms with Gasteiger partial charge in [0.1, 0.15) is 5.75 Å². The Morgan fingerprint density at radius 1 is 1.29 bits per heavy atom. The van der Waals surface area contributed by atoms with E-state index in [-0.39, 0.29) is 11.8 Å². The number of ether oxygens (including phenoxy) is 1. The molecule has 1 aliphatic rings. The molecule has 1 saturated heterocycles. The minimum atomic E-state index is -0.656. The highest BCUT2D eigenvalue weighted by atomic mass is 35.5. The molecule has 2 atom stereocenters. The van der Waals surface area contributed by atoms with Crippen molar-refractivity contribution >= 4 is 51.6 Å². The molecule has 0 spiro atoms. The number of carbonyl (C=O) groups is 1. The van der Waals surface area contributed by atoms with Crippen molar-refractivity contribution in [3.63, 3.8) is 0 Å². The van der Waals surface area contributed by atoms with Gasteiger partial charge in [-0.15, -0.1) is 23.1 Å². The number of hydrogen-bond donors (Lipinski definition) is 1. The lowest BCUT2D eigenvalue weighted by Crippen LogP contribution is -2.44. The third kappa shape index (κ3) is 6.66. The van der Waals surface area contributed by atoms with Gasteiger partial charge in [-0.2, -0.15) is 0 Å². The highest BCUT2D eigenvalue weighted by Crippen LogP contribution is 2.32. The second-order valence-electron chi connectivity index (χ2n) is 8.80. The highest BCUT2D eigenvalue weighted by Gasteiger charge is 2.33. The molecule has 3 heterocycles. The summed E-state index contributed by atoms with van der Waals surface area (Å²) in [5, 5.41) is 11.0. The number of carboxylic acid groups (broad SMARTS) is 1. The van der Waals surface area contributed by atoms with E-state index in [4.69, 9.17) is 16.3 Å². The molecule has 1 aliphatic heterocycles. The predicted octanol–water partition coefficient (Wildman–Crippen LogP) is 6.49. The number of nitrogens with zero attached hydrogens (tertiary/aromatic N) is 2. The van der Waals surface area contributed by atoms with Crippen LogP contribution in [-0.2, 0) is 11.2 Å². The van der Waals surface area contributed by atoms with Crippen molar-refractivity contribution in [3.8, 4) is 5.75 Å². The Kier molecular flexibility index (Phi) is 9.11. The van der Waals surface area contributed by atoms with Gasteiger partial charge in [-0.3, -0.25) is 9.78 Å². The van der Waals surface area contributed by atoms with Crippen molar-refractivity contribution in [2.24, 2.45) is 11.8 Å². The molecule has 1 N–H and O–H groups in total. The number of piperidine rings is 1. The fraction of sp³-hybridized carbons (Fsp3) is 0.462. The Bertz CT molecular complexity index is 1110. The molecule has 8 heteroatoms. The number of carboxylic acids is 1.